The molecule has 5 rings (SSSR count). The van der Waals surface area contributed by atoms with Crippen molar-refractivity contribution in [1.82, 2.24) is 20.2 Å². The molecule has 0 aliphatic heterocycles. The van der Waals surface area contributed by atoms with E-state index in [-0.39, 0.29) is 22.8 Å². The topological polar surface area (TPSA) is 105 Å². The maximum Gasteiger partial charge on any atom is 0.260 e. The van der Waals surface area contributed by atoms with Crippen molar-refractivity contribution in [2.24, 2.45) is 0 Å². The summed E-state index contributed by atoms with van der Waals surface area (Å²) in [5, 5.41) is 11.3. The number of rotatable bonds is 6. The molecule has 154 valence electrons. The van der Waals surface area contributed by atoms with Crippen LogP contribution < -0.4 is 10.5 Å². The third kappa shape index (κ3) is 3.57. The first-order valence-corrected chi connectivity index (χ1v) is 11.9. The first-order chi connectivity index (χ1) is 14.5. The van der Waals surface area contributed by atoms with E-state index in [2.05, 4.69) is 20.2 Å². The molecule has 4 heterocycles. The summed E-state index contributed by atoms with van der Waals surface area (Å²) in [5.41, 5.74) is 0.559. The summed E-state index contributed by atoms with van der Waals surface area (Å²) in [5.74, 6) is 1.21. The average molecular weight is 460 g/mol. The van der Waals surface area contributed by atoms with Crippen molar-refractivity contribution in [3.05, 3.63) is 40.0 Å². The van der Waals surface area contributed by atoms with Crippen molar-refractivity contribution < 1.29 is 9.21 Å². The summed E-state index contributed by atoms with van der Waals surface area (Å²) in [4.78, 5) is 34.7. The number of amides is 1. The van der Waals surface area contributed by atoms with Crippen LogP contribution in [-0.2, 0) is 4.79 Å². The number of aromatic amines is 1. The second-order valence-corrected chi connectivity index (χ2v) is 10.4. The molecule has 8 nitrogen and oxygen atoms in total. The van der Waals surface area contributed by atoms with Crippen LogP contribution in [0.4, 0.5) is 5.13 Å². The Kier molecular flexibility index (Phi) is 4.95. The number of carbonyl (C=O) groups is 1. The highest BCUT2D eigenvalue weighted by molar-refractivity contribution is 8.01. The summed E-state index contributed by atoms with van der Waals surface area (Å²) >= 11 is 4.26. The molecule has 0 unspecified atom stereocenters. The second-order valence-electron chi connectivity index (χ2n) is 6.99. The van der Waals surface area contributed by atoms with Gasteiger partial charge in [0.05, 0.1) is 16.9 Å². The Morgan fingerprint density at radius 1 is 1.40 bits per heavy atom. The lowest BCUT2D eigenvalue weighted by Gasteiger charge is -2.15. The predicted molar refractivity (Wildman–Crippen MR) is 118 cm³/mol. The van der Waals surface area contributed by atoms with Gasteiger partial charge in [-0.2, -0.15) is 0 Å². The largest absolute Gasteiger partial charge is 0.464 e. The molecule has 1 amide bonds. The standard InChI is InChI=1S/C19H17N5O3S3/c1-9(29-19-23-22-18(30-19)24(10(2)25)11-5-6-11)15-20-16(26)14-12(8-28-17(14)21-15)13-4-3-7-27-13/h3-4,7-9,11H,5-6H2,1-2H3,(H,20,21,26)/t9-/m0/s1. The number of fused-ring (bicyclic) bond motifs is 1. The molecule has 0 spiro atoms. The Bertz CT molecular complexity index is 1270. The lowest BCUT2D eigenvalue weighted by atomic mass is 10.2. The second kappa shape index (κ2) is 7.64. The molecule has 1 atom stereocenters. The minimum Gasteiger partial charge on any atom is -0.464 e. The number of hydrogen-bond donors (Lipinski definition) is 1. The van der Waals surface area contributed by atoms with Crippen LogP contribution in [0.1, 0.15) is 37.8 Å². The smallest absolute Gasteiger partial charge is 0.260 e. The predicted octanol–water partition coefficient (Wildman–Crippen LogP) is 4.46. The Labute approximate surface area is 183 Å². The van der Waals surface area contributed by atoms with E-state index >= 15 is 0 Å². The molecular formula is C19H17N5O3S3. The summed E-state index contributed by atoms with van der Waals surface area (Å²) < 4.78 is 6.17. The highest BCUT2D eigenvalue weighted by Gasteiger charge is 2.34. The van der Waals surface area contributed by atoms with E-state index in [0.717, 1.165) is 22.7 Å². The van der Waals surface area contributed by atoms with Gasteiger partial charge in [0, 0.05) is 23.9 Å². The molecule has 1 saturated carbocycles. The van der Waals surface area contributed by atoms with Gasteiger partial charge in [0.15, 0.2) is 4.34 Å². The van der Waals surface area contributed by atoms with Gasteiger partial charge in [-0.3, -0.25) is 14.5 Å². The molecule has 30 heavy (non-hydrogen) atoms. The number of carbonyl (C=O) groups excluding carboxylic acids is 1. The molecule has 4 aromatic rings. The molecule has 1 aliphatic carbocycles. The van der Waals surface area contributed by atoms with E-state index in [9.17, 15) is 9.59 Å². The van der Waals surface area contributed by atoms with Gasteiger partial charge in [-0.1, -0.05) is 23.1 Å². The van der Waals surface area contributed by atoms with Crippen LogP contribution >= 0.6 is 34.4 Å². The summed E-state index contributed by atoms with van der Waals surface area (Å²) in [7, 11) is 0. The Morgan fingerprint density at radius 2 is 2.23 bits per heavy atom. The fraction of sp³-hybridized carbons (Fsp3) is 0.316. The lowest BCUT2D eigenvalue weighted by Crippen LogP contribution is -2.30. The molecule has 0 bridgehead atoms. The van der Waals surface area contributed by atoms with E-state index in [1.165, 1.54) is 34.4 Å². The van der Waals surface area contributed by atoms with Crippen LogP contribution in [-0.4, -0.2) is 32.1 Å². The first kappa shape index (κ1) is 19.5. The fourth-order valence-corrected chi connectivity index (χ4v) is 6.30. The van der Waals surface area contributed by atoms with Crippen molar-refractivity contribution in [3.8, 4) is 11.3 Å². The quantitative estimate of drug-likeness (QED) is 0.335. The van der Waals surface area contributed by atoms with E-state index < -0.39 is 0 Å². The van der Waals surface area contributed by atoms with Crippen LogP contribution in [0.25, 0.3) is 21.5 Å². The van der Waals surface area contributed by atoms with Crippen LogP contribution in [0, 0.1) is 0 Å². The SMILES string of the molecule is CC(=O)N(c1nnc(S[C@@H](C)c2nc3scc(-c4ccco4)c3c(=O)[nH]2)s1)C1CC1. The monoisotopic (exact) mass is 459 g/mol. The highest BCUT2D eigenvalue weighted by Crippen LogP contribution is 2.40. The van der Waals surface area contributed by atoms with Gasteiger partial charge in [0.1, 0.15) is 16.4 Å². The zero-order chi connectivity index (χ0) is 20.8. The third-order valence-corrected chi connectivity index (χ3v) is 7.75. The van der Waals surface area contributed by atoms with Gasteiger partial charge in [0.25, 0.3) is 5.56 Å². The maximum atomic E-state index is 12.8. The minimum absolute atomic E-state index is 0.0141. The van der Waals surface area contributed by atoms with Crippen molar-refractivity contribution >= 4 is 55.7 Å². The molecule has 0 saturated heterocycles. The third-order valence-electron chi connectivity index (χ3n) is 4.76. The lowest BCUT2D eigenvalue weighted by molar-refractivity contribution is -0.116. The zero-order valence-electron chi connectivity index (χ0n) is 16.1. The van der Waals surface area contributed by atoms with Crippen molar-refractivity contribution in [2.45, 2.75) is 42.3 Å². The van der Waals surface area contributed by atoms with Gasteiger partial charge in [-0.05, 0) is 31.9 Å². The highest BCUT2D eigenvalue weighted by atomic mass is 32.2. The number of nitrogens with one attached hydrogen (secondary N) is 1. The number of thioether (sulfide) groups is 1. The zero-order valence-corrected chi connectivity index (χ0v) is 18.6. The molecule has 0 aromatic carbocycles. The number of hydrogen-bond acceptors (Lipinski definition) is 9. The molecular weight excluding hydrogens is 442 g/mol. The van der Waals surface area contributed by atoms with Crippen molar-refractivity contribution in [1.29, 1.82) is 0 Å². The summed E-state index contributed by atoms with van der Waals surface area (Å²) in [6.45, 7) is 3.51. The average Bonchev–Trinajstić information content (AvgIpc) is 3.12. The van der Waals surface area contributed by atoms with Gasteiger partial charge in [0.2, 0.25) is 11.0 Å². The van der Waals surface area contributed by atoms with Gasteiger partial charge < -0.3 is 9.40 Å². The Morgan fingerprint density at radius 3 is 2.93 bits per heavy atom. The first-order valence-electron chi connectivity index (χ1n) is 9.36. The van der Waals surface area contributed by atoms with Crippen LogP contribution in [0.3, 0.4) is 0 Å². The van der Waals surface area contributed by atoms with Crippen molar-refractivity contribution in [2.75, 3.05) is 4.90 Å². The van der Waals surface area contributed by atoms with Gasteiger partial charge >= 0.3 is 0 Å². The number of H-pyrrole nitrogens is 1. The van der Waals surface area contributed by atoms with E-state index in [1.807, 2.05) is 18.4 Å². The Hall–Kier alpha value is -2.50. The fourth-order valence-electron chi connectivity index (χ4n) is 3.21. The number of furan rings is 1. The summed E-state index contributed by atoms with van der Waals surface area (Å²) in [6, 6.07) is 3.86. The molecule has 1 aliphatic rings. The number of thiophene rings is 1. The molecule has 1 N–H and O–H groups in total. The normalized spacial score (nSPS) is 14.9. The molecule has 4 aromatic heterocycles. The van der Waals surface area contributed by atoms with E-state index in [0.29, 0.717) is 26.9 Å². The summed E-state index contributed by atoms with van der Waals surface area (Å²) in [6.07, 6.45) is 3.59. The number of nitrogens with zero attached hydrogens (tertiary/aromatic N) is 4. The van der Waals surface area contributed by atoms with Gasteiger partial charge in [-0.25, -0.2) is 4.98 Å². The number of aromatic nitrogens is 4. The van der Waals surface area contributed by atoms with E-state index in [1.54, 1.807) is 24.2 Å². The van der Waals surface area contributed by atoms with E-state index in [4.69, 9.17) is 4.42 Å². The molecule has 1 fully saturated rings. The van der Waals surface area contributed by atoms with Crippen molar-refractivity contribution in [3.63, 3.8) is 0 Å². The van der Waals surface area contributed by atoms with Crippen LogP contribution in [0.5, 0.6) is 0 Å². The molecule has 0 radical (unpaired) electrons. The van der Waals surface area contributed by atoms with Gasteiger partial charge in [-0.15, -0.1) is 21.5 Å². The van der Waals surface area contributed by atoms with Crippen LogP contribution in [0.2, 0.25) is 0 Å². The molecule has 11 heteroatoms. The van der Waals surface area contributed by atoms with Crippen LogP contribution in [0.15, 0.2) is 37.3 Å². The minimum atomic E-state index is -0.190. The number of anilines is 1. The maximum absolute atomic E-state index is 12.8. The Balaban J connectivity index is 1.40.